The van der Waals surface area contributed by atoms with Gasteiger partial charge < -0.3 is 24.4 Å². The Morgan fingerprint density at radius 1 is 1.03 bits per heavy atom. The van der Waals surface area contributed by atoms with Crippen LogP contribution in [0, 0.1) is 6.92 Å². The maximum Gasteiger partial charge on any atom is 0.414 e. The predicted octanol–water partition coefficient (Wildman–Crippen LogP) is 4.51. The van der Waals surface area contributed by atoms with E-state index < -0.39 is 0 Å². The molecule has 1 N–H and O–H groups in total. The van der Waals surface area contributed by atoms with Crippen LogP contribution in [0.3, 0.4) is 0 Å². The molecule has 0 aliphatic carbocycles. The molecule has 2 aliphatic rings. The Morgan fingerprint density at radius 2 is 1.77 bits per heavy atom. The molecule has 5 rings (SSSR count). The van der Waals surface area contributed by atoms with Crippen molar-refractivity contribution in [3.05, 3.63) is 42.2 Å². The molecule has 184 valence electrons. The number of amides is 1. The molecular formula is C26H31N5O4. The first-order valence-electron chi connectivity index (χ1n) is 11.9. The van der Waals surface area contributed by atoms with E-state index >= 15 is 0 Å². The Kier molecular flexibility index (Phi) is 6.10. The van der Waals surface area contributed by atoms with Crippen LogP contribution in [0.5, 0.6) is 11.5 Å². The Hall–Kier alpha value is -3.59. The zero-order valence-corrected chi connectivity index (χ0v) is 20.6. The topological polar surface area (TPSA) is 89.1 Å². The molecule has 1 aromatic heterocycles. The Morgan fingerprint density at radius 3 is 2.49 bits per heavy atom. The van der Waals surface area contributed by atoms with Crippen LogP contribution in [0.4, 0.5) is 22.0 Å². The number of nitrogens with zero attached hydrogens (tertiary/aromatic N) is 4. The molecule has 2 fully saturated rings. The van der Waals surface area contributed by atoms with Crippen molar-refractivity contribution in [2.45, 2.75) is 31.8 Å². The number of aromatic nitrogens is 2. The third-order valence-corrected chi connectivity index (χ3v) is 7.20. The highest BCUT2D eigenvalue weighted by molar-refractivity contribution is 5.99. The van der Waals surface area contributed by atoms with Gasteiger partial charge in [0, 0.05) is 61.6 Å². The summed E-state index contributed by atoms with van der Waals surface area (Å²) in [6, 6.07) is 9.55. The maximum absolute atomic E-state index is 13.2. The molecule has 3 heterocycles. The maximum atomic E-state index is 13.2. The van der Waals surface area contributed by atoms with Gasteiger partial charge in [0.05, 0.1) is 25.4 Å². The summed E-state index contributed by atoms with van der Waals surface area (Å²) >= 11 is 0. The SMILES string of the molecule is COc1cc2ncnc(Nc3cccc(OC)c3C)c2cc1N1CCC2(CCN(C)CC2)OC1=O. The van der Waals surface area contributed by atoms with Gasteiger partial charge in [-0.15, -0.1) is 0 Å². The number of hydrogen-bond donors (Lipinski definition) is 1. The van der Waals surface area contributed by atoms with E-state index in [9.17, 15) is 4.79 Å². The number of carbonyl (C=O) groups is 1. The van der Waals surface area contributed by atoms with E-state index in [1.165, 1.54) is 6.33 Å². The van der Waals surface area contributed by atoms with Crippen molar-refractivity contribution in [3.8, 4) is 11.5 Å². The van der Waals surface area contributed by atoms with Gasteiger partial charge in [0.15, 0.2) is 0 Å². The number of nitrogens with one attached hydrogen (secondary N) is 1. The third-order valence-electron chi connectivity index (χ3n) is 7.20. The first-order valence-corrected chi connectivity index (χ1v) is 11.9. The Bertz CT molecular complexity index is 1260. The lowest BCUT2D eigenvalue weighted by Crippen LogP contribution is -2.54. The number of fused-ring (bicyclic) bond motifs is 1. The standard InChI is InChI=1S/C26H31N5O4/c1-17-19(6-5-7-22(17)33-3)29-24-18-14-21(23(34-4)15-20(18)27-16-28-24)31-13-10-26(35-25(31)32)8-11-30(2)12-9-26/h5-7,14-16H,8-13H2,1-4H3,(H,27,28,29). The lowest BCUT2D eigenvalue weighted by molar-refractivity contribution is -0.0445. The summed E-state index contributed by atoms with van der Waals surface area (Å²) in [6.45, 7) is 4.42. The summed E-state index contributed by atoms with van der Waals surface area (Å²) in [4.78, 5) is 26.1. The molecule has 35 heavy (non-hydrogen) atoms. The van der Waals surface area contributed by atoms with Crippen LogP contribution in [-0.2, 0) is 4.74 Å². The van der Waals surface area contributed by atoms with E-state index in [1.54, 1.807) is 19.1 Å². The largest absolute Gasteiger partial charge is 0.496 e. The van der Waals surface area contributed by atoms with Crippen LogP contribution in [0.1, 0.15) is 24.8 Å². The van der Waals surface area contributed by atoms with E-state index in [1.807, 2.05) is 37.3 Å². The van der Waals surface area contributed by atoms with Crippen molar-refractivity contribution < 1.29 is 19.0 Å². The smallest absolute Gasteiger partial charge is 0.414 e. The first kappa shape index (κ1) is 23.2. The summed E-state index contributed by atoms with van der Waals surface area (Å²) in [5.41, 5.74) is 2.83. The molecule has 0 atom stereocenters. The van der Waals surface area contributed by atoms with Crippen LogP contribution in [0.15, 0.2) is 36.7 Å². The number of benzene rings is 2. The molecule has 2 aromatic carbocycles. The number of rotatable bonds is 5. The molecule has 2 aliphatic heterocycles. The lowest BCUT2D eigenvalue weighted by Gasteiger charge is -2.45. The average Bonchev–Trinajstić information content (AvgIpc) is 2.87. The minimum absolute atomic E-state index is 0.339. The van der Waals surface area contributed by atoms with Crippen molar-refractivity contribution in [1.29, 1.82) is 0 Å². The van der Waals surface area contributed by atoms with Crippen LogP contribution in [-0.4, -0.2) is 67.5 Å². The van der Waals surface area contributed by atoms with Gasteiger partial charge >= 0.3 is 6.09 Å². The monoisotopic (exact) mass is 477 g/mol. The van der Waals surface area contributed by atoms with Crippen molar-refractivity contribution in [2.24, 2.45) is 0 Å². The molecule has 0 bridgehead atoms. The van der Waals surface area contributed by atoms with Gasteiger partial charge in [-0.25, -0.2) is 14.8 Å². The second-order valence-electron chi connectivity index (χ2n) is 9.28. The van der Waals surface area contributed by atoms with E-state index in [0.717, 1.165) is 54.7 Å². The zero-order chi connectivity index (χ0) is 24.6. The summed E-state index contributed by atoms with van der Waals surface area (Å²) < 4.78 is 17.2. The number of anilines is 3. The van der Waals surface area contributed by atoms with Crippen LogP contribution in [0.2, 0.25) is 0 Å². The number of likely N-dealkylation sites (tertiary alicyclic amines) is 1. The number of carbonyl (C=O) groups excluding carboxylic acids is 1. The molecule has 1 spiro atoms. The predicted molar refractivity (Wildman–Crippen MR) is 135 cm³/mol. The average molecular weight is 478 g/mol. The van der Waals surface area contributed by atoms with Crippen molar-refractivity contribution in [2.75, 3.05) is 51.1 Å². The first-order chi connectivity index (χ1) is 16.9. The molecule has 9 heteroatoms. The molecule has 0 unspecified atom stereocenters. The second-order valence-corrected chi connectivity index (χ2v) is 9.28. The summed E-state index contributed by atoms with van der Waals surface area (Å²) in [5.74, 6) is 1.98. The van der Waals surface area contributed by atoms with Gasteiger partial charge in [-0.05, 0) is 32.2 Å². The number of ether oxygens (including phenoxy) is 3. The Labute approximate surface area is 205 Å². The van der Waals surface area contributed by atoms with Gasteiger partial charge in [-0.3, -0.25) is 4.90 Å². The highest BCUT2D eigenvalue weighted by Crippen LogP contribution is 2.40. The number of hydrogen-bond acceptors (Lipinski definition) is 8. The molecule has 0 radical (unpaired) electrons. The molecule has 9 nitrogen and oxygen atoms in total. The van der Waals surface area contributed by atoms with E-state index in [4.69, 9.17) is 14.2 Å². The molecule has 2 saturated heterocycles. The summed E-state index contributed by atoms with van der Waals surface area (Å²) in [6.07, 6.45) is 3.68. The van der Waals surface area contributed by atoms with Crippen LogP contribution < -0.4 is 19.7 Å². The number of methoxy groups -OCH3 is 2. The van der Waals surface area contributed by atoms with E-state index in [2.05, 4.69) is 27.2 Å². The highest BCUT2D eigenvalue weighted by Gasteiger charge is 2.43. The highest BCUT2D eigenvalue weighted by atomic mass is 16.6. The summed E-state index contributed by atoms with van der Waals surface area (Å²) in [5, 5.41) is 4.18. The third kappa shape index (κ3) is 4.32. The summed E-state index contributed by atoms with van der Waals surface area (Å²) in [7, 11) is 5.35. The minimum atomic E-state index is -0.371. The fourth-order valence-electron chi connectivity index (χ4n) is 4.94. The molecule has 3 aromatic rings. The van der Waals surface area contributed by atoms with E-state index in [-0.39, 0.29) is 11.7 Å². The van der Waals surface area contributed by atoms with Crippen LogP contribution in [0.25, 0.3) is 10.9 Å². The Balaban J connectivity index is 1.49. The van der Waals surface area contributed by atoms with Gasteiger partial charge in [-0.1, -0.05) is 6.07 Å². The number of piperidine rings is 1. The second kappa shape index (κ2) is 9.22. The lowest BCUT2D eigenvalue weighted by atomic mass is 9.87. The fraction of sp³-hybridized carbons (Fsp3) is 0.423. The molecule has 0 saturated carbocycles. The molecular weight excluding hydrogens is 446 g/mol. The van der Waals surface area contributed by atoms with Crippen LogP contribution >= 0.6 is 0 Å². The zero-order valence-electron chi connectivity index (χ0n) is 20.6. The van der Waals surface area contributed by atoms with Gasteiger partial charge in [0.2, 0.25) is 0 Å². The van der Waals surface area contributed by atoms with Gasteiger partial charge in [0.1, 0.15) is 29.2 Å². The molecule has 1 amide bonds. The normalized spacial score (nSPS) is 17.9. The van der Waals surface area contributed by atoms with Gasteiger partial charge in [0.25, 0.3) is 0 Å². The minimum Gasteiger partial charge on any atom is -0.496 e. The van der Waals surface area contributed by atoms with E-state index in [0.29, 0.717) is 29.3 Å². The van der Waals surface area contributed by atoms with Crippen molar-refractivity contribution in [3.63, 3.8) is 0 Å². The van der Waals surface area contributed by atoms with Crippen molar-refractivity contribution >= 4 is 34.2 Å². The quantitative estimate of drug-likeness (QED) is 0.574. The van der Waals surface area contributed by atoms with Crippen molar-refractivity contribution in [1.82, 2.24) is 14.9 Å². The van der Waals surface area contributed by atoms with Gasteiger partial charge in [-0.2, -0.15) is 0 Å². The fourth-order valence-corrected chi connectivity index (χ4v) is 4.94.